The second-order valence-corrected chi connectivity index (χ2v) is 4.21. The zero-order valence-electron chi connectivity index (χ0n) is 10.5. The van der Waals surface area contributed by atoms with Gasteiger partial charge in [0, 0.05) is 0 Å². The standard InChI is InChI=1S/C11H21N2.O3S/c1-3-5-7-12-9-10-13(11-12)8-6-4-2;1-4(2)3/h9-11H,3-8H2,1-2H3;/q+1;. The van der Waals surface area contributed by atoms with Crippen molar-refractivity contribution < 1.29 is 17.2 Å². The minimum Gasteiger partial charge on any atom is -0.237 e. The van der Waals surface area contributed by atoms with Crippen LogP contribution in [0.1, 0.15) is 39.5 Å². The summed E-state index contributed by atoms with van der Waals surface area (Å²) in [6.45, 7) is 6.79. The van der Waals surface area contributed by atoms with Crippen LogP contribution in [0.15, 0.2) is 18.7 Å². The molecule has 1 heterocycles. The third kappa shape index (κ3) is 9.74. The lowest BCUT2D eigenvalue weighted by Gasteiger charge is -1.93. The van der Waals surface area contributed by atoms with E-state index in [1.807, 2.05) is 0 Å². The highest BCUT2D eigenvalue weighted by atomic mass is 32.2. The van der Waals surface area contributed by atoms with Gasteiger partial charge in [0.1, 0.15) is 12.4 Å². The van der Waals surface area contributed by atoms with E-state index in [1.165, 1.54) is 25.7 Å². The van der Waals surface area contributed by atoms with E-state index in [2.05, 4.69) is 41.7 Å². The molecule has 6 heteroatoms. The fourth-order valence-corrected chi connectivity index (χ4v) is 1.38. The van der Waals surface area contributed by atoms with Crippen LogP contribution in [0.3, 0.4) is 0 Å². The van der Waals surface area contributed by atoms with Gasteiger partial charge in [0.2, 0.25) is 6.33 Å². The van der Waals surface area contributed by atoms with E-state index in [4.69, 9.17) is 12.6 Å². The first-order valence-corrected chi connectivity index (χ1v) is 6.91. The summed E-state index contributed by atoms with van der Waals surface area (Å²) in [6.07, 6.45) is 11.7. The molecule has 98 valence electrons. The SMILES string of the molecule is CCCCn1cc[n+](CCCC)c1.O=S(=O)=O. The Morgan fingerprint density at radius 2 is 1.71 bits per heavy atom. The van der Waals surface area contributed by atoms with Crippen LogP contribution in [-0.2, 0) is 23.7 Å². The van der Waals surface area contributed by atoms with E-state index < -0.39 is 10.6 Å². The Balaban J connectivity index is 0.000000557. The molecule has 5 nitrogen and oxygen atoms in total. The molecule has 0 aliphatic heterocycles. The highest BCUT2D eigenvalue weighted by Gasteiger charge is 2.01. The Morgan fingerprint density at radius 3 is 2.24 bits per heavy atom. The van der Waals surface area contributed by atoms with Gasteiger partial charge in [0.25, 0.3) is 0 Å². The van der Waals surface area contributed by atoms with Gasteiger partial charge in [-0.3, -0.25) is 0 Å². The van der Waals surface area contributed by atoms with Crippen LogP contribution in [0.2, 0.25) is 0 Å². The van der Waals surface area contributed by atoms with E-state index in [0.29, 0.717) is 0 Å². The van der Waals surface area contributed by atoms with Crippen LogP contribution >= 0.6 is 0 Å². The van der Waals surface area contributed by atoms with Crippen molar-refractivity contribution in [3.05, 3.63) is 18.7 Å². The number of hydrogen-bond acceptors (Lipinski definition) is 3. The average Bonchev–Trinajstić information content (AvgIpc) is 2.70. The maximum atomic E-state index is 8.44. The normalized spacial score (nSPS) is 9.53. The predicted octanol–water partition coefficient (Wildman–Crippen LogP) is 1.37. The van der Waals surface area contributed by atoms with Gasteiger partial charge in [0.15, 0.2) is 0 Å². The smallest absolute Gasteiger partial charge is 0.237 e. The van der Waals surface area contributed by atoms with Crippen LogP contribution in [0.25, 0.3) is 0 Å². The van der Waals surface area contributed by atoms with Gasteiger partial charge in [-0.1, -0.05) is 26.7 Å². The molecule has 0 saturated carbocycles. The molecule has 0 unspecified atom stereocenters. The molecule has 0 aromatic carbocycles. The van der Waals surface area contributed by atoms with E-state index >= 15 is 0 Å². The van der Waals surface area contributed by atoms with Crippen molar-refractivity contribution >= 4 is 10.6 Å². The lowest BCUT2D eigenvalue weighted by molar-refractivity contribution is -0.696. The van der Waals surface area contributed by atoms with Crippen molar-refractivity contribution in [2.45, 2.75) is 52.6 Å². The number of imidazole rings is 1. The molecule has 0 spiro atoms. The quantitative estimate of drug-likeness (QED) is 0.727. The lowest BCUT2D eigenvalue weighted by Crippen LogP contribution is -2.30. The third-order valence-corrected chi connectivity index (χ3v) is 2.29. The van der Waals surface area contributed by atoms with Crippen LogP contribution in [-0.4, -0.2) is 17.2 Å². The molecule has 0 amide bonds. The minimum absolute atomic E-state index is 1.16. The van der Waals surface area contributed by atoms with Crippen molar-refractivity contribution in [3.63, 3.8) is 0 Å². The molecular weight excluding hydrogens is 240 g/mol. The van der Waals surface area contributed by atoms with Crippen LogP contribution in [0, 0.1) is 0 Å². The molecule has 0 bridgehead atoms. The number of nitrogens with zero attached hydrogens (tertiary/aromatic N) is 2. The molecule has 1 aromatic rings. The van der Waals surface area contributed by atoms with Crippen molar-refractivity contribution in [2.75, 3.05) is 0 Å². The Morgan fingerprint density at radius 1 is 1.12 bits per heavy atom. The monoisotopic (exact) mass is 261 g/mol. The molecule has 0 N–H and O–H groups in total. The topological polar surface area (TPSA) is 60.0 Å². The van der Waals surface area contributed by atoms with E-state index in [0.717, 1.165) is 13.1 Å². The van der Waals surface area contributed by atoms with Gasteiger partial charge in [-0.15, -0.1) is 12.6 Å². The fraction of sp³-hybridized carbons (Fsp3) is 0.727. The van der Waals surface area contributed by atoms with Gasteiger partial charge < -0.3 is 0 Å². The zero-order valence-corrected chi connectivity index (χ0v) is 11.3. The van der Waals surface area contributed by atoms with Gasteiger partial charge in [-0.05, 0) is 12.8 Å². The summed E-state index contributed by atoms with van der Waals surface area (Å²) in [5.74, 6) is 0. The zero-order chi connectivity index (χ0) is 13.1. The summed E-state index contributed by atoms with van der Waals surface area (Å²) in [5.41, 5.74) is 0. The molecule has 0 aliphatic carbocycles. The first-order chi connectivity index (χ1) is 8.10. The molecule has 17 heavy (non-hydrogen) atoms. The maximum Gasteiger partial charge on any atom is 0.425 e. The highest BCUT2D eigenvalue weighted by molar-refractivity contribution is 7.59. The van der Waals surface area contributed by atoms with Crippen LogP contribution in [0.5, 0.6) is 0 Å². The largest absolute Gasteiger partial charge is 0.425 e. The highest BCUT2D eigenvalue weighted by Crippen LogP contribution is 1.93. The maximum absolute atomic E-state index is 8.44. The Bertz CT molecular complexity index is 368. The minimum atomic E-state index is -3.11. The van der Waals surface area contributed by atoms with Crippen LogP contribution in [0.4, 0.5) is 0 Å². The molecular formula is C11H21N2O3S+. The molecule has 0 atom stereocenters. The van der Waals surface area contributed by atoms with Crippen molar-refractivity contribution in [1.29, 1.82) is 0 Å². The van der Waals surface area contributed by atoms with E-state index in [1.54, 1.807) is 0 Å². The summed E-state index contributed by atoms with van der Waals surface area (Å²) < 4.78 is 29.9. The summed E-state index contributed by atoms with van der Waals surface area (Å²) >= 11 is 0. The molecule has 1 rings (SSSR count). The molecule has 0 saturated heterocycles. The second-order valence-electron chi connectivity index (χ2n) is 3.80. The summed E-state index contributed by atoms with van der Waals surface area (Å²) in [7, 11) is -3.11. The fourth-order valence-electron chi connectivity index (χ4n) is 1.38. The van der Waals surface area contributed by atoms with Crippen molar-refractivity contribution in [3.8, 4) is 0 Å². The Labute approximate surface area is 104 Å². The van der Waals surface area contributed by atoms with Gasteiger partial charge in [0.05, 0.1) is 13.1 Å². The first-order valence-electron chi connectivity index (χ1n) is 5.91. The van der Waals surface area contributed by atoms with Crippen molar-refractivity contribution in [1.82, 2.24) is 4.57 Å². The number of aryl methyl sites for hydroxylation is 2. The van der Waals surface area contributed by atoms with Crippen molar-refractivity contribution in [2.24, 2.45) is 0 Å². The summed E-state index contributed by atoms with van der Waals surface area (Å²) in [4.78, 5) is 0. The number of unbranched alkanes of at least 4 members (excludes halogenated alkanes) is 2. The first kappa shape index (κ1) is 15.8. The van der Waals surface area contributed by atoms with E-state index in [9.17, 15) is 0 Å². The lowest BCUT2D eigenvalue weighted by atomic mass is 10.3. The third-order valence-electron chi connectivity index (χ3n) is 2.29. The summed E-state index contributed by atoms with van der Waals surface area (Å²) in [5, 5.41) is 0. The number of rotatable bonds is 6. The van der Waals surface area contributed by atoms with Gasteiger partial charge in [-0.2, -0.15) is 0 Å². The van der Waals surface area contributed by atoms with Crippen LogP contribution < -0.4 is 4.57 Å². The predicted molar refractivity (Wildman–Crippen MR) is 64.1 cm³/mol. The second kappa shape index (κ2) is 10.0. The van der Waals surface area contributed by atoms with E-state index in [-0.39, 0.29) is 0 Å². The average molecular weight is 261 g/mol. The molecule has 0 fully saturated rings. The van der Waals surface area contributed by atoms with Gasteiger partial charge >= 0.3 is 10.6 Å². The Hall–Kier alpha value is -1.17. The Kier molecular flexibility index (Phi) is 9.33. The molecule has 0 aliphatic rings. The molecule has 1 aromatic heterocycles. The molecule has 0 radical (unpaired) electrons. The number of aromatic nitrogens is 2. The number of hydrogen-bond donors (Lipinski definition) is 0. The van der Waals surface area contributed by atoms with Gasteiger partial charge in [-0.25, -0.2) is 9.13 Å². The summed E-state index contributed by atoms with van der Waals surface area (Å²) in [6, 6.07) is 0.